The average Bonchev–Trinajstić information content (AvgIpc) is 2.99. The van der Waals surface area contributed by atoms with Crippen molar-refractivity contribution >= 4 is 38.0 Å². The molecule has 1 aliphatic rings. The molecule has 6 nitrogen and oxygen atoms in total. The summed E-state index contributed by atoms with van der Waals surface area (Å²) in [4.78, 5) is 25.8. The molecule has 0 bridgehead atoms. The van der Waals surface area contributed by atoms with E-state index in [-0.39, 0.29) is 10.5 Å². The summed E-state index contributed by atoms with van der Waals surface area (Å²) in [6, 6.07) is 5.93. The van der Waals surface area contributed by atoms with Crippen molar-refractivity contribution in [2.45, 2.75) is 49.7 Å². The lowest BCUT2D eigenvalue weighted by atomic mass is 9.95. The van der Waals surface area contributed by atoms with Gasteiger partial charge < -0.3 is 11.1 Å². The molecule has 1 aromatic carbocycles. The van der Waals surface area contributed by atoms with Gasteiger partial charge in [-0.15, -0.1) is 11.3 Å². The fraction of sp³-hybridized carbons (Fsp3) is 0.368. The van der Waals surface area contributed by atoms with Gasteiger partial charge in [-0.05, 0) is 63.3 Å². The number of nitrogens with two attached hydrogens (primary N) is 1. The zero-order valence-electron chi connectivity index (χ0n) is 15.2. The zero-order valence-corrected chi connectivity index (χ0v) is 16.9. The van der Waals surface area contributed by atoms with Gasteiger partial charge in [0.05, 0.1) is 15.7 Å². The van der Waals surface area contributed by atoms with E-state index in [1.807, 2.05) is 0 Å². The van der Waals surface area contributed by atoms with Crippen molar-refractivity contribution < 1.29 is 18.0 Å². The van der Waals surface area contributed by atoms with E-state index in [9.17, 15) is 18.0 Å². The standard InChI is InChI=1S/C19H22N2O4S2/c1-11(2)27(24,25)13-7-5-6-12(10-13)18(23)21-19-16(17(20)22)14-8-3-4-9-15(14)26-19/h5-7,10-11H,3-4,8-9H2,1-2H3,(H2,20,22)(H,21,23). The van der Waals surface area contributed by atoms with Crippen LogP contribution in [0.2, 0.25) is 0 Å². The van der Waals surface area contributed by atoms with E-state index < -0.39 is 26.9 Å². The van der Waals surface area contributed by atoms with Crippen LogP contribution in [0.3, 0.4) is 0 Å². The molecule has 3 rings (SSSR count). The number of hydrogen-bond acceptors (Lipinski definition) is 5. The SMILES string of the molecule is CC(C)S(=O)(=O)c1cccc(C(=O)Nc2sc3c(c2C(N)=O)CCCC3)c1. The number of sulfone groups is 1. The number of carbonyl (C=O) groups is 2. The number of amides is 2. The normalized spacial score (nSPS) is 14.0. The van der Waals surface area contributed by atoms with Gasteiger partial charge in [-0.2, -0.15) is 0 Å². The van der Waals surface area contributed by atoms with Crippen molar-refractivity contribution in [3.63, 3.8) is 0 Å². The topological polar surface area (TPSA) is 106 Å². The Hall–Kier alpha value is -2.19. The van der Waals surface area contributed by atoms with E-state index in [0.29, 0.717) is 10.6 Å². The first-order chi connectivity index (χ1) is 12.7. The molecule has 0 radical (unpaired) electrons. The van der Waals surface area contributed by atoms with Crippen LogP contribution in [0.4, 0.5) is 5.00 Å². The number of anilines is 1. The minimum absolute atomic E-state index is 0.103. The van der Waals surface area contributed by atoms with Crippen LogP contribution in [0.1, 0.15) is 57.8 Å². The van der Waals surface area contributed by atoms with Crippen LogP contribution in [0.5, 0.6) is 0 Å². The first kappa shape index (κ1) is 19.6. The number of thiophene rings is 1. The molecule has 0 fully saturated rings. The summed E-state index contributed by atoms with van der Waals surface area (Å²) in [5.74, 6) is -1.02. The van der Waals surface area contributed by atoms with Crippen LogP contribution in [0.25, 0.3) is 0 Å². The summed E-state index contributed by atoms with van der Waals surface area (Å²) in [7, 11) is -3.48. The van der Waals surface area contributed by atoms with Gasteiger partial charge in [0.2, 0.25) is 0 Å². The van der Waals surface area contributed by atoms with Gasteiger partial charge in [-0.25, -0.2) is 8.42 Å². The maximum atomic E-state index is 12.7. The average molecular weight is 407 g/mol. The Bertz CT molecular complexity index is 1010. The highest BCUT2D eigenvalue weighted by Gasteiger charge is 2.26. The summed E-state index contributed by atoms with van der Waals surface area (Å²) in [6.07, 6.45) is 3.70. The molecule has 0 spiro atoms. The molecule has 0 saturated carbocycles. The Kier molecular flexibility index (Phi) is 5.39. The Balaban J connectivity index is 1.93. The Morgan fingerprint density at radius 2 is 1.89 bits per heavy atom. The van der Waals surface area contributed by atoms with Gasteiger partial charge in [0.25, 0.3) is 11.8 Å². The molecule has 2 aromatic rings. The largest absolute Gasteiger partial charge is 0.365 e. The number of primary amides is 1. The number of nitrogens with one attached hydrogen (secondary N) is 1. The first-order valence-electron chi connectivity index (χ1n) is 8.81. The second kappa shape index (κ2) is 7.44. The van der Waals surface area contributed by atoms with E-state index >= 15 is 0 Å². The smallest absolute Gasteiger partial charge is 0.256 e. The third-order valence-corrected chi connectivity index (χ3v) is 8.05. The van der Waals surface area contributed by atoms with E-state index in [1.165, 1.54) is 23.5 Å². The number of rotatable bonds is 5. The predicted molar refractivity (Wildman–Crippen MR) is 106 cm³/mol. The highest BCUT2D eigenvalue weighted by atomic mass is 32.2. The van der Waals surface area contributed by atoms with E-state index in [2.05, 4.69) is 5.32 Å². The second-order valence-corrected chi connectivity index (χ2v) is 10.5. The third-order valence-electron chi connectivity index (χ3n) is 4.69. The molecular weight excluding hydrogens is 384 g/mol. The first-order valence-corrected chi connectivity index (χ1v) is 11.2. The molecule has 0 aliphatic heterocycles. The quantitative estimate of drug-likeness (QED) is 0.795. The number of aryl methyl sites for hydroxylation is 1. The number of carbonyl (C=O) groups excluding carboxylic acids is 2. The lowest BCUT2D eigenvalue weighted by Crippen LogP contribution is -2.19. The van der Waals surface area contributed by atoms with Crippen LogP contribution in [-0.2, 0) is 22.7 Å². The molecule has 0 saturated heterocycles. The van der Waals surface area contributed by atoms with Gasteiger partial charge in [0.15, 0.2) is 9.84 Å². The lowest BCUT2D eigenvalue weighted by Gasteiger charge is -2.11. The van der Waals surface area contributed by atoms with E-state index in [1.54, 1.807) is 26.0 Å². The minimum Gasteiger partial charge on any atom is -0.365 e. The Labute approximate surface area is 162 Å². The van der Waals surface area contributed by atoms with Crippen molar-refractivity contribution in [1.29, 1.82) is 0 Å². The third kappa shape index (κ3) is 3.77. The molecule has 3 N–H and O–H groups in total. The van der Waals surface area contributed by atoms with Crippen LogP contribution >= 0.6 is 11.3 Å². The molecule has 2 amide bonds. The van der Waals surface area contributed by atoms with Gasteiger partial charge in [0, 0.05) is 10.4 Å². The highest BCUT2D eigenvalue weighted by molar-refractivity contribution is 7.92. The van der Waals surface area contributed by atoms with Crippen LogP contribution in [0.15, 0.2) is 29.2 Å². The Morgan fingerprint density at radius 1 is 1.19 bits per heavy atom. The van der Waals surface area contributed by atoms with Crippen molar-refractivity contribution in [3.8, 4) is 0 Å². The summed E-state index contributed by atoms with van der Waals surface area (Å²) < 4.78 is 24.7. The Morgan fingerprint density at radius 3 is 2.56 bits per heavy atom. The van der Waals surface area contributed by atoms with Crippen LogP contribution in [0, 0.1) is 0 Å². The summed E-state index contributed by atoms with van der Waals surface area (Å²) in [6.45, 7) is 3.19. The highest BCUT2D eigenvalue weighted by Crippen LogP contribution is 2.38. The fourth-order valence-corrected chi connectivity index (χ4v) is 5.57. The molecule has 0 atom stereocenters. The van der Waals surface area contributed by atoms with Crippen molar-refractivity contribution in [3.05, 3.63) is 45.8 Å². The van der Waals surface area contributed by atoms with Gasteiger partial charge >= 0.3 is 0 Å². The molecule has 144 valence electrons. The molecule has 0 unspecified atom stereocenters. The van der Waals surface area contributed by atoms with Crippen molar-refractivity contribution in [1.82, 2.24) is 0 Å². The second-order valence-electron chi connectivity index (χ2n) is 6.85. The number of fused-ring (bicyclic) bond motifs is 1. The van der Waals surface area contributed by atoms with Crippen molar-refractivity contribution in [2.24, 2.45) is 5.73 Å². The number of hydrogen-bond donors (Lipinski definition) is 2. The fourth-order valence-electron chi connectivity index (χ4n) is 3.18. The molecule has 8 heteroatoms. The zero-order chi connectivity index (χ0) is 19.8. The van der Waals surface area contributed by atoms with E-state index in [0.717, 1.165) is 36.1 Å². The van der Waals surface area contributed by atoms with Crippen LogP contribution in [-0.4, -0.2) is 25.5 Å². The predicted octanol–water partition coefficient (Wildman–Crippen LogP) is 3.16. The summed E-state index contributed by atoms with van der Waals surface area (Å²) >= 11 is 1.38. The van der Waals surface area contributed by atoms with Gasteiger partial charge in [-0.3, -0.25) is 9.59 Å². The maximum absolute atomic E-state index is 12.7. The molecule has 1 aliphatic carbocycles. The molecule has 1 heterocycles. The summed E-state index contributed by atoms with van der Waals surface area (Å²) in [5, 5.41) is 2.62. The van der Waals surface area contributed by atoms with Gasteiger partial charge in [-0.1, -0.05) is 6.07 Å². The van der Waals surface area contributed by atoms with Crippen molar-refractivity contribution in [2.75, 3.05) is 5.32 Å². The minimum atomic E-state index is -3.48. The van der Waals surface area contributed by atoms with Crippen LogP contribution < -0.4 is 11.1 Å². The molecular formula is C19H22N2O4S2. The number of benzene rings is 1. The monoisotopic (exact) mass is 406 g/mol. The van der Waals surface area contributed by atoms with E-state index in [4.69, 9.17) is 5.73 Å². The maximum Gasteiger partial charge on any atom is 0.256 e. The van der Waals surface area contributed by atoms with Gasteiger partial charge in [0.1, 0.15) is 5.00 Å². The molecule has 1 aromatic heterocycles. The molecule has 27 heavy (non-hydrogen) atoms. The lowest BCUT2D eigenvalue weighted by molar-refractivity contribution is 0.100. The summed E-state index contributed by atoms with van der Waals surface area (Å²) in [5.41, 5.74) is 7.09.